The molecular weight excluding hydrogens is 553 g/mol. The number of benzene rings is 1. The van der Waals surface area contributed by atoms with Gasteiger partial charge in [-0.2, -0.15) is 18.3 Å². The molecule has 2 aromatic rings. The Kier molecular flexibility index (Phi) is 7.59. The van der Waals surface area contributed by atoms with E-state index in [0.29, 0.717) is 37.6 Å². The van der Waals surface area contributed by atoms with E-state index in [1.807, 2.05) is 0 Å². The molecule has 0 unspecified atom stereocenters. The SMILES string of the molecule is CCOCCS(=O)(=O)NC(=O)c1c2c(nn1CCC1CC1)C[C@]1(CCc3cc(OCC(F)(F)F)ccc31)NC2=O. The number of amides is 2. The topological polar surface area (TPSA) is 129 Å². The number of carbonyl (C=O) groups excluding carboxylic acids is 2. The second kappa shape index (κ2) is 10.7. The van der Waals surface area contributed by atoms with Crippen LogP contribution in [0.4, 0.5) is 13.2 Å². The van der Waals surface area contributed by atoms with E-state index in [1.54, 1.807) is 19.1 Å². The van der Waals surface area contributed by atoms with Gasteiger partial charge in [0.1, 0.15) is 11.4 Å². The Labute approximate surface area is 229 Å². The van der Waals surface area contributed by atoms with Crippen LogP contribution < -0.4 is 14.8 Å². The molecule has 1 aliphatic heterocycles. The number of ether oxygens (including phenoxy) is 2. The van der Waals surface area contributed by atoms with Crippen molar-refractivity contribution in [3.63, 3.8) is 0 Å². The maximum absolute atomic E-state index is 13.5. The van der Waals surface area contributed by atoms with Gasteiger partial charge in [-0.3, -0.25) is 14.3 Å². The number of nitrogens with zero attached hydrogens (tertiary/aromatic N) is 2. The fourth-order valence-electron chi connectivity index (χ4n) is 5.44. The Morgan fingerprint density at radius 2 is 2.08 bits per heavy atom. The summed E-state index contributed by atoms with van der Waals surface area (Å²) >= 11 is 0. The molecule has 2 aliphatic carbocycles. The van der Waals surface area contributed by atoms with Crippen LogP contribution in [-0.2, 0) is 39.7 Å². The fourth-order valence-corrected chi connectivity index (χ4v) is 6.25. The van der Waals surface area contributed by atoms with Crippen molar-refractivity contribution < 1.29 is 40.7 Å². The molecule has 2 heterocycles. The lowest BCUT2D eigenvalue weighted by molar-refractivity contribution is -0.153. The van der Waals surface area contributed by atoms with Crippen LogP contribution in [0, 0.1) is 5.92 Å². The van der Waals surface area contributed by atoms with Gasteiger partial charge >= 0.3 is 6.18 Å². The summed E-state index contributed by atoms with van der Waals surface area (Å²) in [5, 5.41) is 7.63. The number of carbonyl (C=O) groups is 2. The average molecular weight is 585 g/mol. The number of aryl methyl sites for hydroxylation is 2. The molecule has 1 spiro atoms. The summed E-state index contributed by atoms with van der Waals surface area (Å²) in [6.45, 7) is 0.934. The third-order valence-corrected chi connectivity index (χ3v) is 8.70. The highest BCUT2D eigenvalue weighted by atomic mass is 32.2. The Bertz CT molecular complexity index is 1420. The second-order valence-electron chi connectivity index (χ2n) is 10.5. The first kappa shape index (κ1) is 28.4. The first-order valence-electron chi connectivity index (χ1n) is 13.3. The first-order chi connectivity index (χ1) is 18.9. The Morgan fingerprint density at radius 3 is 2.77 bits per heavy atom. The minimum atomic E-state index is -4.46. The van der Waals surface area contributed by atoms with Crippen LogP contribution in [0.3, 0.4) is 0 Å². The van der Waals surface area contributed by atoms with Crippen LogP contribution in [0.25, 0.3) is 0 Å². The summed E-state index contributed by atoms with van der Waals surface area (Å²) in [6.07, 6.45) is -0.335. The van der Waals surface area contributed by atoms with Gasteiger partial charge in [0, 0.05) is 19.6 Å². The van der Waals surface area contributed by atoms with Crippen LogP contribution in [-0.4, -0.2) is 61.8 Å². The van der Waals surface area contributed by atoms with E-state index in [0.717, 1.165) is 30.4 Å². The van der Waals surface area contributed by atoms with Gasteiger partial charge in [0.2, 0.25) is 10.0 Å². The van der Waals surface area contributed by atoms with Crippen molar-refractivity contribution in [2.75, 3.05) is 25.6 Å². The Hall–Kier alpha value is -3.13. The quantitative estimate of drug-likeness (QED) is 0.389. The Balaban J connectivity index is 1.42. The van der Waals surface area contributed by atoms with Gasteiger partial charge in [0.25, 0.3) is 11.8 Å². The monoisotopic (exact) mass is 584 g/mol. The summed E-state index contributed by atoms with van der Waals surface area (Å²) in [4.78, 5) is 26.8. The molecule has 1 saturated carbocycles. The van der Waals surface area contributed by atoms with Gasteiger partial charge in [0.15, 0.2) is 6.61 Å². The van der Waals surface area contributed by atoms with Gasteiger partial charge in [-0.1, -0.05) is 18.9 Å². The van der Waals surface area contributed by atoms with E-state index in [4.69, 9.17) is 9.47 Å². The third kappa shape index (κ3) is 6.12. The molecule has 10 nitrogen and oxygen atoms in total. The van der Waals surface area contributed by atoms with Gasteiger partial charge in [-0.05, 0) is 55.4 Å². The fraction of sp³-hybridized carbons (Fsp3) is 0.577. The normalized spacial score (nSPS) is 20.2. The summed E-state index contributed by atoms with van der Waals surface area (Å²) in [5.41, 5.74) is 0.976. The summed E-state index contributed by atoms with van der Waals surface area (Å²) in [6, 6.07) is 4.65. The van der Waals surface area contributed by atoms with Gasteiger partial charge < -0.3 is 14.8 Å². The number of aromatic nitrogens is 2. The van der Waals surface area contributed by atoms with E-state index >= 15 is 0 Å². The van der Waals surface area contributed by atoms with Crippen LogP contribution in [0.5, 0.6) is 5.75 Å². The zero-order chi connectivity index (χ0) is 28.7. The van der Waals surface area contributed by atoms with Crippen LogP contribution in [0.2, 0.25) is 0 Å². The minimum Gasteiger partial charge on any atom is -0.484 e. The van der Waals surface area contributed by atoms with Gasteiger partial charge in [-0.15, -0.1) is 0 Å². The van der Waals surface area contributed by atoms with E-state index in [-0.39, 0.29) is 30.0 Å². The molecule has 1 aromatic carbocycles. The number of hydrogen-bond donors (Lipinski definition) is 2. The predicted molar refractivity (Wildman–Crippen MR) is 136 cm³/mol. The molecule has 3 aliphatic rings. The second-order valence-corrected chi connectivity index (χ2v) is 12.4. The van der Waals surface area contributed by atoms with Crippen molar-refractivity contribution in [1.82, 2.24) is 19.8 Å². The van der Waals surface area contributed by atoms with E-state index in [2.05, 4.69) is 15.1 Å². The largest absolute Gasteiger partial charge is 0.484 e. The predicted octanol–water partition coefficient (Wildman–Crippen LogP) is 2.85. The molecule has 2 amide bonds. The van der Waals surface area contributed by atoms with Crippen molar-refractivity contribution in [2.24, 2.45) is 5.92 Å². The molecule has 5 rings (SSSR count). The van der Waals surface area contributed by atoms with Crippen molar-refractivity contribution in [3.05, 3.63) is 46.3 Å². The molecule has 0 saturated heterocycles. The highest BCUT2D eigenvalue weighted by Gasteiger charge is 2.47. The molecule has 218 valence electrons. The van der Waals surface area contributed by atoms with Crippen LogP contribution in [0.15, 0.2) is 18.2 Å². The highest BCUT2D eigenvalue weighted by molar-refractivity contribution is 7.90. The maximum Gasteiger partial charge on any atom is 0.422 e. The average Bonchev–Trinajstić information content (AvgIpc) is 3.54. The molecule has 2 N–H and O–H groups in total. The van der Waals surface area contributed by atoms with Gasteiger partial charge in [0.05, 0.1) is 29.2 Å². The van der Waals surface area contributed by atoms with E-state index < -0.39 is 45.9 Å². The summed E-state index contributed by atoms with van der Waals surface area (Å²) in [7, 11) is -4.02. The van der Waals surface area contributed by atoms with Gasteiger partial charge in [-0.25, -0.2) is 13.1 Å². The van der Waals surface area contributed by atoms with Crippen molar-refractivity contribution in [2.45, 2.75) is 63.7 Å². The summed E-state index contributed by atoms with van der Waals surface area (Å²) in [5.74, 6) is -1.30. The smallest absolute Gasteiger partial charge is 0.422 e. The molecule has 0 radical (unpaired) electrons. The molecule has 14 heteroatoms. The number of alkyl halides is 3. The molecular formula is C26H31F3N4O6S. The standard InChI is InChI=1S/C26H31F3N4O6S/c1-2-38-11-12-40(36,37)32-24(35)22-21-20(31-33(22)10-8-16-3-4-16)14-25(30-23(21)34)9-7-17-13-18(5-6-19(17)25)39-15-26(27,28)29/h5-6,13,16H,2-4,7-12,14-15H2,1H3,(H,30,34)(H,32,35)/t25-/m0/s1. The third-order valence-electron chi connectivity index (χ3n) is 7.50. The first-order valence-corrected chi connectivity index (χ1v) is 14.9. The zero-order valence-electron chi connectivity index (χ0n) is 22.0. The molecule has 1 atom stereocenters. The molecule has 1 aromatic heterocycles. The Morgan fingerprint density at radius 1 is 1.30 bits per heavy atom. The van der Waals surface area contributed by atoms with Crippen LogP contribution in [0.1, 0.15) is 70.3 Å². The van der Waals surface area contributed by atoms with Crippen molar-refractivity contribution >= 4 is 21.8 Å². The molecule has 1 fully saturated rings. The van der Waals surface area contributed by atoms with Crippen LogP contribution >= 0.6 is 0 Å². The lowest BCUT2D eigenvalue weighted by Crippen LogP contribution is -2.50. The number of sulfonamides is 1. The highest BCUT2D eigenvalue weighted by Crippen LogP contribution is 2.44. The zero-order valence-corrected chi connectivity index (χ0v) is 22.8. The number of hydrogen-bond acceptors (Lipinski definition) is 7. The van der Waals surface area contributed by atoms with E-state index in [1.165, 1.54) is 10.7 Å². The number of fused-ring (bicyclic) bond motifs is 3. The minimum absolute atomic E-state index is 0.0394. The van der Waals surface area contributed by atoms with E-state index in [9.17, 15) is 31.2 Å². The number of rotatable bonds is 11. The molecule has 40 heavy (non-hydrogen) atoms. The lowest BCUT2D eigenvalue weighted by Gasteiger charge is -2.35. The number of halogens is 3. The lowest BCUT2D eigenvalue weighted by atomic mass is 9.82. The maximum atomic E-state index is 13.5. The number of nitrogens with one attached hydrogen (secondary N) is 2. The summed E-state index contributed by atoms with van der Waals surface area (Å²) < 4.78 is 76.2. The van der Waals surface area contributed by atoms with Crippen molar-refractivity contribution in [3.8, 4) is 5.75 Å². The van der Waals surface area contributed by atoms with Crippen molar-refractivity contribution in [1.29, 1.82) is 0 Å². The molecule has 0 bridgehead atoms.